The Morgan fingerprint density at radius 3 is 2.62 bits per heavy atom. The van der Waals surface area contributed by atoms with E-state index < -0.39 is 0 Å². The van der Waals surface area contributed by atoms with Gasteiger partial charge in [-0.15, -0.1) is 0 Å². The molecule has 3 rings (SSSR count). The third-order valence-corrected chi connectivity index (χ3v) is 5.84. The second kappa shape index (κ2) is 9.15. The van der Waals surface area contributed by atoms with Crippen LogP contribution in [0.15, 0.2) is 58.5 Å². The molecule has 3 aromatic rings. The molecule has 26 heavy (non-hydrogen) atoms. The van der Waals surface area contributed by atoms with Gasteiger partial charge in [-0.25, -0.2) is 0 Å². The van der Waals surface area contributed by atoms with Crippen molar-refractivity contribution in [2.75, 3.05) is 26.2 Å². The lowest BCUT2D eigenvalue weighted by Gasteiger charge is -2.19. The summed E-state index contributed by atoms with van der Waals surface area (Å²) in [5, 5.41) is 1.22. The first-order chi connectivity index (χ1) is 12.7. The average Bonchev–Trinajstić information content (AvgIpc) is 3.07. The highest BCUT2D eigenvalue weighted by Gasteiger charge is 2.11. The van der Waals surface area contributed by atoms with Crippen molar-refractivity contribution < 1.29 is 4.74 Å². The molecule has 2 aromatic carbocycles. The zero-order valence-electron chi connectivity index (χ0n) is 15.9. The van der Waals surface area contributed by atoms with E-state index >= 15 is 0 Å². The van der Waals surface area contributed by atoms with Crippen LogP contribution in [0.1, 0.15) is 25.8 Å². The standard InChI is InChI=1S/C22H28N2OS/c1-4-13-24(5-2)14-15-25-19-11-8-10-18-21(16-23-22(18)19)26-20-12-7-6-9-17(20)3/h6-12,16,23H,4-5,13-15H2,1-3H3. The number of aromatic nitrogens is 1. The number of rotatable bonds is 9. The first-order valence-corrected chi connectivity index (χ1v) is 10.2. The molecule has 0 fully saturated rings. The Morgan fingerprint density at radius 2 is 1.85 bits per heavy atom. The zero-order valence-corrected chi connectivity index (χ0v) is 16.7. The Balaban J connectivity index is 1.73. The minimum absolute atomic E-state index is 0.715. The van der Waals surface area contributed by atoms with Crippen molar-refractivity contribution in [1.82, 2.24) is 9.88 Å². The fourth-order valence-corrected chi connectivity index (χ4v) is 4.13. The number of para-hydroxylation sites is 1. The molecule has 0 unspecified atom stereocenters. The normalized spacial score (nSPS) is 11.4. The number of H-pyrrole nitrogens is 1. The van der Waals surface area contributed by atoms with E-state index in [9.17, 15) is 0 Å². The van der Waals surface area contributed by atoms with Crippen LogP contribution < -0.4 is 4.74 Å². The van der Waals surface area contributed by atoms with Gasteiger partial charge in [0.15, 0.2) is 0 Å². The van der Waals surface area contributed by atoms with Gasteiger partial charge in [0.25, 0.3) is 0 Å². The highest BCUT2D eigenvalue weighted by Crippen LogP contribution is 2.37. The SMILES string of the molecule is CCCN(CC)CCOc1cccc2c(Sc3ccccc3C)c[nH]c12. The molecular weight excluding hydrogens is 340 g/mol. The fourth-order valence-electron chi connectivity index (χ4n) is 3.12. The van der Waals surface area contributed by atoms with Gasteiger partial charge >= 0.3 is 0 Å². The van der Waals surface area contributed by atoms with Crippen molar-refractivity contribution >= 4 is 22.7 Å². The number of nitrogens with zero attached hydrogens (tertiary/aromatic N) is 1. The molecule has 138 valence electrons. The van der Waals surface area contributed by atoms with Crippen LogP contribution in [0.5, 0.6) is 5.75 Å². The third kappa shape index (κ3) is 4.43. The number of hydrogen-bond donors (Lipinski definition) is 1. The first kappa shape index (κ1) is 18.9. The van der Waals surface area contributed by atoms with Crippen LogP contribution in [-0.2, 0) is 0 Å². The Labute approximate surface area is 160 Å². The Hall–Kier alpha value is -1.91. The molecule has 1 N–H and O–H groups in total. The number of hydrogen-bond acceptors (Lipinski definition) is 3. The molecule has 1 heterocycles. The van der Waals surface area contributed by atoms with E-state index in [1.54, 1.807) is 11.8 Å². The number of fused-ring (bicyclic) bond motifs is 1. The molecule has 0 saturated heterocycles. The molecule has 4 heteroatoms. The lowest BCUT2D eigenvalue weighted by atomic mass is 10.2. The monoisotopic (exact) mass is 368 g/mol. The predicted octanol–water partition coefficient (Wildman–Crippen LogP) is 5.74. The van der Waals surface area contributed by atoms with E-state index in [2.05, 4.69) is 79.3 Å². The number of aromatic amines is 1. The highest BCUT2D eigenvalue weighted by atomic mass is 32.2. The van der Waals surface area contributed by atoms with Gasteiger partial charge in [-0.3, -0.25) is 0 Å². The van der Waals surface area contributed by atoms with Crippen LogP contribution in [0, 0.1) is 6.92 Å². The predicted molar refractivity (Wildman–Crippen MR) is 112 cm³/mol. The molecule has 0 atom stereocenters. The second-order valence-electron chi connectivity index (χ2n) is 6.48. The minimum atomic E-state index is 0.715. The summed E-state index contributed by atoms with van der Waals surface area (Å²) in [4.78, 5) is 8.37. The smallest absolute Gasteiger partial charge is 0.143 e. The molecule has 3 nitrogen and oxygen atoms in total. The van der Waals surface area contributed by atoms with Gasteiger partial charge in [0.2, 0.25) is 0 Å². The van der Waals surface area contributed by atoms with E-state index in [0.717, 1.165) is 30.9 Å². The quantitative estimate of drug-likeness (QED) is 0.522. The Kier molecular flexibility index (Phi) is 6.64. The number of nitrogens with one attached hydrogen (secondary N) is 1. The summed E-state index contributed by atoms with van der Waals surface area (Å²) < 4.78 is 6.10. The molecular formula is C22H28N2OS. The second-order valence-corrected chi connectivity index (χ2v) is 7.57. The van der Waals surface area contributed by atoms with Crippen molar-refractivity contribution in [1.29, 1.82) is 0 Å². The summed E-state index contributed by atoms with van der Waals surface area (Å²) in [5.41, 5.74) is 2.39. The zero-order chi connectivity index (χ0) is 18.4. The molecule has 0 aliphatic carbocycles. The van der Waals surface area contributed by atoms with Gasteiger partial charge in [0, 0.05) is 27.9 Å². The molecule has 0 aliphatic heterocycles. The van der Waals surface area contributed by atoms with E-state index in [1.165, 1.54) is 27.2 Å². The van der Waals surface area contributed by atoms with Crippen LogP contribution in [0.2, 0.25) is 0 Å². The van der Waals surface area contributed by atoms with Gasteiger partial charge in [-0.05, 0) is 44.1 Å². The number of aryl methyl sites for hydroxylation is 1. The molecule has 0 saturated carbocycles. The Bertz CT molecular complexity index is 843. The number of ether oxygens (including phenoxy) is 1. The highest BCUT2D eigenvalue weighted by molar-refractivity contribution is 7.99. The maximum atomic E-state index is 6.10. The van der Waals surface area contributed by atoms with Crippen LogP contribution in [0.4, 0.5) is 0 Å². The van der Waals surface area contributed by atoms with Crippen molar-refractivity contribution in [3.8, 4) is 5.75 Å². The Morgan fingerprint density at radius 1 is 1.00 bits per heavy atom. The first-order valence-electron chi connectivity index (χ1n) is 9.41. The van der Waals surface area contributed by atoms with Crippen LogP contribution >= 0.6 is 11.8 Å². The summed E-state index contributed by atoms with van der Waals surface area (Å²) in [6.45, 7) is 10.5. The molecule has 0 bridgehead atoms. The van der Waals surface area contributed by atoms with E-state index in [4.69, 9.17) is 4.74 Å². The van der Waals surface area contributed by atoms with Gasteiger partial charge in [-0.1, -0.05) is 55.9 Å². The molecule has 0 radical (unpaired) electrons. The third-order valence-electron chi connectivity index (χ3n) is 4.60. The van der Waals surface area contributed by atoms with Gasteiger partial charge in [0.05, 0.1) is 5.52 Å². The van der Waals surface area contributed by atoms with Gasteiger partial charge < -0.3 is 14.6 Å². The number of benzene rings is 2. The molecule has 0 amide bonds. The maximum absolute atomic E-state index is 6.10. The van der Waals surface area contributed by atoms with Crippen molar-refractivity contribution in [2.45, 2.75) is 37.0 Å². The fraction of sp³-hybridized carbons (Fsp3) is 0.364. The summed E-state index contributed by atoms with van der Waals surface area (Å²) in [7, 11) is 0. The summed E-state index contributed by atoms with van der Waals surface area (Å²) in [6.07, 6.45) is 3.27. The van der Waals surface area contributed by atoms with Crippen molar-refractivity contribution in [3.05, 3.63) is 54.2 Å². The summed E-state index contributed by atoms with van der Waals surface area (Å²) in [6, 6.07) is 14.8. The van der Waals surface area contributed by atoms with Crippen LogP contribution in [0.25, 0.3) is 10.9 Å². The average molecular weight is 369 g/mol. The lowest BCUT2D eigenvalue weighted by molar-refractivity contribution is 0.217. The largest absolute Gasteiger partial charge is 0.490 e. The lowest BCUT2D eigenvalue weighted by Crippen LogP contribution is -2.29. The molecule has 1 aromatic heterocycles. The summed E-state index contributed by atoms with van der Waals surface area (Å²) in [5.74, 6) is 0.937. The van der Waals surface area contributed by atoms with Crippen molar-refractivity contribution in [2.24, 2.45) is 0 Å². The van der Waals surface area contributed by atoms with E-state index in [0.29, 0.717) is 6.61 Å². The van der Waals surface area contributed by atoms with E-state index in [-0.39, 0.29) is 0 Å². The topological polar surface area (TPSA) is 28.3 Å². The maximum Gasteiger partial charge on any atom is 0.143 e. The van der Waals surface area contributed by atoms with Crippen LogP contribution in [-0.4, -0.2) is 36.1 Å². The summed E-state index contributed by atoms with van der Waals surface area (Å²) >= 11 is 1.80. The van der Waals surface area contributed by atoms with E-state index in [1.807, 2.05) is 0 Å². The van der Waals surface area contributed by atoms with Gasteiger partial charge in [-0.2, -0.15) is 0 Å². The van der Waals surface area contributed by atoms with Crippen LogP contribution in [0.3, 0.4) is 0 Å². The number of likely N-dealkylation sites (N-methyl/N-ethyl adjacent to an activating group) is 1. The van der Waals surface area contributed by atoms with Crippen molar-refractivity contribution in [3.63, 3.8) is 0 Å². The molecule has 0 aliphatic rings. The van der Waals surface area contributed by atoms with Gasteiger partial charge in [0.1, 0.15) is 12.4 Å². The minimum Gasteiger partial charge on any atom is -0.490 e. The molecule has 0 spiro atoms.